The van der Waals surface area contributed by atoms with Crippen LogP contribution in [-0.4, -0.2) is 12.5 Å². The lowest BCUT2D eigenvalue weighted by Crippen LogP contribution is -3.00. The predicted octanol–water partition coefficient (Wildman–Crippen LogP) is 5.64. The maximum Gasteiger partial charge on any atom is 0.270 e. The molecule has 0 saturated heterocycles. The lowest BCUT2D eigenvalue weighted by atomic mass is 10.1. The molecule has 0 spiro atoms. The maximum absolute atomic E-state index is 14.6. The molecular weight excluding hydrogens is 531 g/mol. The number of nitrogens with one attached hydrogen (secondary N) is 1. The number of para-hydroxylation sites is 1. The highest BCUT2D eigenvalue weighted by Gasteiger charge is 2.17. The molecule has 1 heterocycles. The van der Waals surface area contributed by atoms with Crippen LogP contribution in [0.3, 0.4) is 0 Å². The van der Waals surface area contributed by atoms with Crippen molar-refractivity contribution in [3.8, 4) is 16.3 Å². The maximum atomic E-state index is 14.6. The molecule has 214 valence electrons. The summed E-state index contributed by atoms with van der Waals surface area (Å²) in [4.78, 5) is 12.7. The molecule has 2 aromatic carbocycles. The number of rotatable bonds is 18. The molecule has 7 heteroatoms. The molecule has 0 aliphatic carbocycles. The summed E-state index contributed by atoms with van der Waals surface area (Å²) in [6.07, 6.45) is 17.5. The standard InChI is InChI=1S/C32H43FN2O2S.ClH/c1-3-4-5-6-7-8-9-10-11-12-13-16-22-37-30-20-19-26(24-28(30)33)25-31(36)34-29-18-15-14-17-27(29)32-35(2)21-23-38-32;/h14-15,17-21,23-24H,3-13,16,22,25H2,1-2H3;1H. The predicted molar refractivity (Wildman–Crippen MR) is 156 cm³/mol. The Balaban J connectivity index is 0.00000533. The number of hydrogen-bond acceptors (Lipinski definition) is 3. The van der Waals surface area contributed by atoms with E-state index in [2.05, 4.69) is 12.2 Å². The Morgan fingerprint density at radius 3 is 2.18 bits per heavy atom. The first-order valence-corrected chi connectivity index (χ1v) is 15.2. The molecule has 39 heavy (non-hydrogen) atoms. The molecule has 0 radical (unpaired) electrons. The molecule has 0 aliphatic heterocycles. The summed E-state index contributed by atoms with van der Waals surface area (Å²) in [5.74, 6) is -0.339. The van der Waals surface area contributed by atoms with E-state index < -0.39 is 5.82 Å². The third kappa shape index (κ3) is 11.7. The third-order valence-electron chi connectivity index (χ3n) is 6.83. The Hall–Kier alpha value is -2.44. The molecule has 1 N–H and O–H groups in total. The van der Waals surface area contributed by atoms with Gasteiger partial charge in [0, 0.05) is 0 Å². The zero-order chi connectivity index (χ0) is 27.0. The Bertz CT molecular complexity index is 1120. The largest absolute Gasteiger partial charge is 1.00 e. The van der Waals surface area contributed by atoms with Crippen molar-refractivity contribution < 1.29 is 30.9 Å². The zero-order valence-corrected chi connectivity index (χ0v) is 25.1. The number of carbonyl (C=O) groups is 1. The van der Waals surface area contributed by atoms with Crippen LogP contribution in [0.2, 0.25) is 0 Å². The molecule has 1 amide bonds. The molecule has 0 atom stereocenters. The van der Waals surface area contributed by atoms with Crippen LogP contribution in [0.15, 0.2) is 54.0 Å². The monoisotopic (exact) mass is 574 g/mol. The van der Waals surface area contributed by atoms with Crippen LogP contribution in [-0.2, 0) is 18.3 Å². The van der Waals surface area contributed by atoms with Crippen LogP contribution in [0, 0.1) is 5.82 Å². The van der Waals surface area contributed by atoms with Crippen molar-refractivity contribution >= 4 is 22.9 Å². The van der Waals surface area contributed by atoms with Crippen molar-refractivity contribution in [2.45, 2.75) is 90.4 Å². The van der Waals surface area contributed by atoms with Crippen LogP contribution in [0.5, 0.6) is 5.75 Å². The minimum atomic E-state index is -0.416. The fourth-order valence-electron chi connectivity index (χ4n) is 4.65. The molecule has 0 bridgehead atoms. The smallest absolute Gasteiger partial charge is 0.270 e. The average Bonchev–Trinajstić information content (AvgIpc) is 3.33. The summed E-state index contributed by atoms with van der Waals surface area (Å²) in [7, 11) is 1.98. The quantitative estimate of drug-likeness (QED) is 0.158. The van der Waals surface area contributed by atoms with Gasteiger partial charge in [0.25, 0.3) is 5.01 Å². The van der Waals surface area contributed by atoms with E-state index in [9.17, 15) is 9.18 Å². The van der Waals surface area contributed by atoms with E-state index in [4.69, 9.17) is 4.74 Å². The van der Waals surface area contributed by atoms with Crippen molar-refractivity contribution in [1.82, 2.24) is 0 Å². The van der Waals surface area contributed by atoms with Gasteiger partial charge in [-0.3, -0.25) is 4.79 Å². The second-order valence-electron chi connectivity index (χ2n) is 10.1. The van der Waals surface area contributed by atoms with Crippen LogP contribution >= 0.6 is 11.3 Å². The second kappa shape index (κ2) is 18.8. The first-order valence-electron chi connectivity index (χ1n) is 14.3. The van der Waals surface area contributed by atoms with E-state index in [1.54, 1.807) is 23.5 Å². The molecule has 0 aliphatic rings. The number of halogens is 2. The summed E-state index contributed by atoms with van der Waals surface area (Å²) < 4.78 is 22.3. The topological polar surface area (TPSA) is 42.2 Å². The Morgan fingerprint density at radius 2 is 1.56 bits per heavy atom. The summed E-state index contributed by atoms with van der Waals surface area (Å²) in [5, 5.41) is 6.06. The van der Waals surface area contributed by atoms with Gasteiger partial charge in [0.05, 0.1) is 29.7 Å². The molecule has 3 rings (SSSR count). The van der Waals surface area contributed by atoms with Crippen molar-refractivity contribution in [1.29, 1.82) is 0 Å². The van der Waals surface area contributed by atoms with E-state index in [1.807, 2.05) is 47.5 Å². The second-order valence-corrected chi connectivity index (χ2v) is 11.0. The Morgan fingerprint density at radius 1 is 0.923 bits per heavy atom. The molecule has 1 aromatic heterocycles. The number of hydrogen-bond donors (Lipinski definition) is 1. The number of carbonyl (C=O) groups excluding carboxylic acids is 1. The van der Waals surface area contributed by atoms with Crippen LogP contribution < -0.4 is 27.0 Å². The number of anilines is 1. The van der Waals surface area contributed by atoms with E-state index in [0.717, 1.165) is 29.1 Å². The summed E-state index contributed by atoms with van der Waals surface area (Å²) in [6, 6.07) is 12.5. The molecular formula is C32H44ClFN2O2S. The highest BCUT2D eigenvalue weighted by Crippen LogP contribution is 2.28. The minimum absolute atomic E-state index is 0. The van der Waals surface area contributed by atoms with Crippen molar-refractivity contribution in [2.24, 2.45) is 7.05 Å². The van der Waals surface area contributed by atoms with Gasteiger partial charge in [-0.25, -0.2) is 4.39 Å². The third-order valence-corrected chi connectivity index (χ3v) is 7.82. The van der Waals surface area contributed by atoms with E-state index in [-0.39, 0.29) is 30.5 Å². The number of amides is 1. The number of nitrogens with zero attached hydrogens (tertiary/aromatic N) is 1. The minimum Gasteiger partial charge on any atom is -1.00 e. The van der Waals surface area contributed by atoms with Crippen LogP contribution in [0.4, 0.5) is 10.1 Å². The van der Waals surface area contributed by atoms with Gasteiger partial charge in [0.15, 0.2) is 17.8 Å². The molecule has 3 aromatic rings. The lowest BCUT2D eigenvalue weighted by molar-refractivity contribution is -0.655. The Kier molecular flexibility index (Phi) is 15.8. The SMILES string of the molecule is CCCCCCCCCCCCCCOc1ccc(CC(=O)Nc2ccccc2-c2scc[n+]2C)cc1F.[Cl-]. The molecule has 0 unspecified atom stereocenters. The fraction of sp³-hybridized carbons (Fsp3) is 0.500. The van der Waals surface area contributed by atoms with Crippen LogP contribution in [0.1, 0.15) is 89.5 Å². The number of benzene rings is 2. The number of aromatic nitrogens is 1. The van der Waals surface area contributed by atoms with Gasteiger partial charge in [-0.1, -0.05) is 107 Å². The van der Waals surface area contributed by atoms with Gasteiger partial charge in [-0.15, -0.1) is 0 Å². The lowest BCUT2D eigenvalue weighted by Gasteiger charge is -2.10. The van der Waals surface area contributed by atoms with Crippen molar-refractivity contribution in [3.63, 3.8) is 0 Å². The van der Waals surface area contributed by atoms with Gasteiger partial charge in [0.1, 0.15) is 7.05 Å². The number of thiazole rings is 1. The Labute approximate surface area is 244 Å². The molecule has 0 fully saturated rings. The first-order chi connectivity index (χ1) is 18.6. The van der Waals surface area contributed by atoms with Gasteiger partial charge in [-0.2, -0.15) is 4.57 Å². The normalized spacial score (nSPS) is 10.7. The van der Waals surface area contributed by atoms with Crippen molar-refractivity contribution in [3.05, 3.63) is 65.4 Å². The first kappa shape index (κ1) is 32.8. The van der Waals surface area contributed by atoms with Crippen LogP contribution in [0.25, 0.3) is 10.6 Å². The number of ether oxygens (including phenoxy) is 1. The zero-order valence-electron chi connectivity index (χ0n) is 23.5. The van der Waals surface area contributed by atoms with E-state index >= 15 is 0 Å². The molecule has 0 saturated carbocycles. The van der Waals surface area contributed by atoms with E-state index in [1.165, 1.54) is 70.3 Å². The van der Waals surface area contributed by atoms with Gasteiger partial charge < -0.3 is 22.5 Å². The van der Waals surface area contributed by atoms with Gasteiger partial charge >= 0.3 is 0 Å². The molecule has 4 nitrogen and oxygen atoms in total. The average molecular weight is 575 g/mol. The highest BCUT2D eigenvalue weighted by atomic mass is 35.5. The van der Waals surface area contributed by atoms with E-state index in [0.29, 0.717) is 12.2 Å². The summed E-state index contributed by atoms with van der Waals surface area (Å²) >= 11 is 1.62. The highest BCUT2D eigenvalue weighted by molar-refractivity contribution is 7.12. The number of unbranched alkanes of at least 4 members (excludes halogenated alkanes) is 11. The van der Waals surface area contributed by atoms with Crippen molar-refractivity contribution in [2.75, 3.05) is 11.9 Å². The summed E-state index contributed by atoms with van der Waals surface area (Å²) in [5.41, 5.74) is 2.33. The fourth-order valence-corrected chi connectivity index (χ4v) is 5.55. The number of aryl methyl sites for hydroxylation is 1. The van der Waals surface area contributed by atoms with Gasteiger partial charge in [0.2, 0.25) is 5.91 Å². The van der Waals surface area contributed by atoms with Gasteiger partial charge in [-0.05, 0) is 36.2 Å². The summed E-state index contributed by atoms with van der Waals surface area (Å²) in [6.45, 7) is 2.78.